The number of hydrogen-bond donors (Lipinski definition) is 1. The van der Waals surface area contributed by atoms with Gasteiger partial charge in [-0.1, -0.05) is 6.07 Å². The average molecular weight is 194 g/mol. The molecule has 78 valence electrons. The van der Waals surface area contributed by atoms with Crippen LogP contribution >= 0.6 is 0 Å². The Bertz CT molecular complexity index is 238. The molecular weight excluding hydrogens is 176 g/mol. The van der Waals surface area contributed by atoms with E-state index in [0.29, 0.717) is 6.61 Å². The first-order chi connectivity index (χ1) is 6.83. The summed E-state index contributed by atoms with van der Waals surface area (Å²) in [5.41, 5.74) is 1.24. The fourth-order valence-electron chi connectivity index (χ4n) is 1.38. The van der Waals surface area contributed by atoms with E-state index in [4.69, 9.17) is 5.11 Å². The molecule has 0 saturated heterocycles. The minimum absolute atomic E-state index is 0.292. The van der Waals surface area contributed by atoms with Crippen LogP contribution in [-0.2, 0) is 6.54 Å². The third kappa shape index (κ3) is 4.35. The highest BCUT2D eigenvalue weighted by Gasteiger charge is 1.99. The predicted octanol–water partition coefficient (Wildman–Crippen LogP) is 1.29. The van der Waals surface area contributed by atoms with Gasteiger partial charge in [0.25, 0.3) is 0 Å². The Kier molecular flexibility index (Phi) is 5.19. The second kappa shape index (κ2) is 6.51. The summed E-state index contributed by atoms with van der Waals surface area (Å²) in [6.07, 6.45) is 5.61. The van der Waals surface area contributed by atoms with Gasteiger partial charge in [0.2, 0.25) is 0 Å². The van der Waals surface area contributed by atoms with Crippen molar-refractivity contribution >= 4 is 0 Å². The van der Waals surface area contributed by atoms with Crippen LogP contribution in [0.15, 0.2) is 24.5 Å². The van der Waals surface area contributed by atoms with Gasteiger partial charge in [-0.3, -0.25) is 4.98 Å². The van der Waals surface area contributed by atoms with Crippen LogP contribution in [0, 0.1) is 0 Å². The summed E-state index contributed by atoms with van der Waals surface area (Å²) in [5.74, 6) is 0. The summed E-state index contributed by atoms with van der Waals surface area (Å²) >= 11 is 0. The van der Waals surface area contributed by atoms with Crippen LogP contribution in [0.4, 0.5) is 0 Å². The van der Waals surface area contributed by atoms with Crippen LogP contribution in [0.25, 0.3) is 0 Å². The number of hydrogen-bond acceptors (Lipinski definition) is 3. The van der Waals surface area contributed by atoms with E-state index in [1.54, 1.807) is 6.20 Å². The van der Waals surface area contributed by atoms with E-state index in [9.17, 15) is 0 Å². The molecule has 14 heavy (non-hydrogen) atoms. The molecular formula is C11H18N2O. The lowest BCUT2D eigenvalue weighted by Crippen LogP contribution is -2.19. The van der Waals surface area contributed by atoms with Crippen molar-refractivity contribution < 1.29 is 5.11 Å². The molecule has 1 aromatic heterocycles. The molecule has 0 spiro atoms. The Hall–Kier alpha value is -0.930. The minimum Gasteiger partial charge on any atom is -0.396 e. The van der Waals surface area contributed by atoms with E-state index < -0.39 is 0 Å². The first kappa shape index (κ1) is 11.1. The molecule has 1 heterocycles. The number of rotatable bonds is 6. The highest BCUT2D eigenvalue weighted by molar-refractivity contribution is 5.07. The molecule has 0 aliphatic carbocycles. The summed E-state index contributed by atoms with van der Waals surface area (Å²) in [4.78, 5) is 6.31. The van der Waals surface area contributed by atoms with Gasteiger partial charge < -0.3 is 10.0 Å². The standard InChI is InChI=1S/C11H18N2O/c1-13(7-2-3-8-14)10-11-5-4-6-12-9-11/h4-6,9,14H,2-3,7-8,10H2,1H3. The van der Waals surface area contributed by atoms with E-state index in [-0.39, 0.29) is 0 Å². The maximum absolute atomic E-state index is 8.64. The molecule has 0 aromatic carbocycles. The van der Waals surface area contributed by atoms with E-state index in [1.165, 1.54) is 5.56 Å². The first-order valence-electron chi connectivity index (χ1n) is 5.01. The zero-order valence-corrected chi connectivity index (χ0v) is 8.69. The second-order valence-electron chi connectivity index (χ2n) is 3.53. The van der Waals surface area contributed by atoms with Crippen molar-refractivity contribution in [3.8, 4) is 0 Å². The normalized spacial score (nSPS) is 10.8. The average Bonchev–Trinajstić information content (AvgIpc) is 2.20. The summed E-state index contributed by atoms with van der Waals surface area (Å²) < 4.78 is 0. The van der Waals surface area contributed by atoms with Gasteiger partial charge in [0.05, 0.1) is 0 Å². The third-order valence-corrected chi connectivity index (χ3v) is 2.12. The molecule has 1 rings (SSSR count). The molecule has 0 atom stereocenters. The van der Waals surface area contributed by atoms with E-state index in [0.717, 1.165) is 25.9 Å². The van der Waals surface area contributed by atoms with Gasteiger partial charge in [-0.05, 0) is 38.1 Å². The highest BCUT2D eigenvalue weighted by Crippen LogP contribution is 2.01. The van der Waals surface area contributed by atoms with Crippen LogP contribution in [0.5, 0.6) is 0 Å². The molecule has 1 N–H and O–H groups in total. The number of aliphatic hydroxyl groups excluding tert-OH is 1. The Morgan fingerprint density at radius 1 is 1.43 bits per heavy atom. The summed E-state index contributed by atoms with van der Waals surface area (Å²) in [5, 5.41) is 8.64. The Labute approximate surface area is 85.4 Å². The van der Waals surface area contributed by atoms with Gasteiger partial charge in [-0.25, -0.2) is 0 Å². The summed E-state index contributed by atoms with van der Waals surface area (Å²) in [6.45, 7) is 2.25. The Morgan fingerprint density at radius 2 is 2.29 bits per heavy atom. The Balaban J connectivity index is 2.23. The molecule has 0 amide bonds. The maximum atomic E-state index is 8.64. The zero-order chi connectivity index (χ0) is 10.2. The zero-order valence-electron chi connectivity index (χ0n) is 8.69. The van der Waals surface area contributed by atoms with Crippen LogP contribution in [0.1, 0.15) is 18.4 Å². The molecule has 3 nitrogen and oxygen atoms in total. The number of aromatic nitrogens is 1. The number of unbranched alkanes of at least 4 members (excludes halogenated alkanes) is 1. The van der Waals surface area contributed by atoms with Gasteiger partial charge in [-0.15, -0.1) is 0 Å². The summed E-state index contributed by atoms with van der Waals surface area (Å²) in [7, 11) is 2.09. The first-order valence-corrected chi connectivity index (χ1v) is 5.01. The van der Waals surface area contributed by atoms with Gasteiger partial charge >= 0.3 is 0 Å². The van der Waals surface area contributed by atoms with Gasteiger partial charge in [-0.2, -0.15) is 0 Å². The summed E-state index contributed by atoms with van der Waals surface area (Å²) in [6, 6.07) is 4.03. The lowest BCUT2D eigenvalue weighted by Gasteiger charge is -2.15. The lowest BCUT2D eigenvalue weighted by atomic mass is 10.2. The molecule has 0 aliphatic rings. The smallest absolute Gasteiger partial charge is 0.0431 e. The van der Waals surface area contributed by atoms with Crippen molar-refractivity contribution in [3.05, 3.63) is 30.1 Å². The largest absolute Gasteiger partial charge is 0.396 e. The highest BCUT2D eigenvalue weighted by atomic mass is 16.2. The fraction of sp³-hybridized carbons (Fsp3) is 0.545. The van der Waals surface area contributed by atoms with Crippen molar-refractivity contribution in [1.29, 1.82) is 0 Å². The fourth-order valence-corrected chi connectivity index (χ4v) is 1.38. The van der Waals surface area contributed by atoms with Crippen molar-refractivity contribution in [2.75, 3.05) is 20.2 Å². The van der Waals surface area contributed by atoms with Gasteiger partial charge in [0.15, 0.2) is 0 Å². The van der Waals surface area contributed by atoms with Gasteiger partial charge in [0.1, 0.15) is 0 Å². The van der Waals surface area contributed by atoms with Crippen LogP contribution in [0.2, 0.25) is 0 Å². The molecule has 0 radical (unpaired) electrons. The molecule has 0 saturated carbocycles. The molecule has 0 unspecified atom stereocenters. The topological polar surface area (TPSA) is 36.4 Å². The van der Waals surface area contributed by atoms with Gasteiger partial charge in [0, 0.05) is 25.5 Å². The third-order valence-electron chi connectivity index (χ3n) is 2.12. The second-order valence-corrected chi connectivity index (χ2v) is 3.53. The maximum Gasteiger partial charge on any atom is 0.0431 e. The Morgan fingerprint density at radius 3 is 2.93 bits per heavy atom. The van der Waals surface area contributed by atoms with Crippen molar-refractivity contribution in [2.45, 2.75) is 19.4 Å². The molecule has 0 fully saturated rings. The number of nitrogens with zero attached hydrogens (tertiary/aromatic N) is 2. The number of aliphatic hydroxyl groups is 1. The van der Waals surface area contributed by atoms with Crippen molar-refractivity contribution in [2.24, 2.45) is 0 Å². The SMILES string of the molecule is CN(CCCCO)Cc1cccnc1. The molecule has 3 heteroatoms. The van der Waals surface area contributed by atoms with Crippen LogP contribution in [0.3, 0.4) is 0 Å². The molecule has 0 aliphatic heterocycles. The monoisotopic (exact) mass is 194 g/mol. The quantitative estimate of drug-likeness (QED) is 0.693. The van der Waals surface area contributed by atoms with Crippen LogP contribution < -0.4 is 0 Å². The molecule has 1 aromatic rings. The van der Waals surface area contributed by atoms with E-state index in [2.05, 4.69) is 23.0 Å². The van der Waals surface area contributed by atoms with Crippen molar-refractivity contribution in [1.82, 2.24) is 9.88 Å². The van der Waals surface area contributed by atoms with E-state index >= 15 is 0 Å². The van der Waals surface area contributed by atoms with Crippen molar-refractivity contribution in [3.63, 3.8) is 0 Å². The lowest BCUT2D eigenvalue weighted by molar-refractivity contribution is 0.261. The predicted molar refractivity (Wildman–Crippen MR) is 56.9 cm³/mol. The van der Waals surface area contributed by atoms with Crippen LogP contribution in [-0.4, -0.2) is 35.2 Å². The molecule has 0 bridgehead atoms. The number of pyridine rings is 1. The minimum atomic E-state index is 0.292. The van der Waals surface area contributed by atoms with E-state index in [1.807, 2.05) is 12.3 Å².